The van der Waals surface area contributed by atoms with Gasteiger partial charge >= 0.3 is 0 Å². The lowest BCUT2D eigenvalue weighted by molar-refractivity contribution is 0.302. The van der Waals surface area contributed by atoms with Gasteiger partial charge < -0.3 is 4.74 Å². The summed E-state index contributed by atoms with van der Waals surface area (Å²) in [4.78, 5) is 0. The summed E-state index contributed by atoms with van der Waals surface area (Å²) in [7, 11) is 0. The Bertz CT molecular complexity index is 445. The van der Waals surface area contributed by atoms with Crippen LogP contribution >= 0.6 is 37.9 Å². The highest BCUT2D eigenvalue weighted by Gasteiger charge is 2.13. The van der Waals surface area contributed by atoms with Crippen molar-refractivity contribution < 1.29 is 4.74 Å². The Balaban J connectivity index is 3.01. The van der Waals surface area contributed by atoms with Crippen molar-refractivity contribution in [2.45, 2.75) is 77.6 Å². The molecular formula is C22H38OS3. The number of unbranched alkanes of at least 4 members (excludes halogenated alkanes) is 4. The van der Waals surface area contributed by atoms with E-state index in [0.29, 0.717) is 0 Å². The summed E-state index contributed by atoms with van der Waals surface area (Å²) in [5.74, 6) is 4.07. The van der Waals surface area contributed by atoms with E-state index >= 15 is 0 Å². The Labute approximate surface area is 178 Å². The minimum atomic E-state index is 0.828. The van der Waals surface area contributed by atoms with Crippen LogP contribution in [0.3, 0.4) is 0 Å². The fraction of sp³-hybridized carbons (Fsp3) is 0.727. The number of aryl methyl sites for hydroxylation is 3. The lowest BCUT2D eigenvalue weighted by Gasteiger charge is -2.18. The van der Waals surface area contributed by atoms with E-state index in [-0.39, 0.29) is 0 Å². The van der Waals surface area contributed by atoms with E-state index in [1.54, 1.807) is 0 Å². The molecule has 1 aromatic carbocycles. The molecule has 0 unspecified atom stereocenters. The van der Waals surface area contributed by atoms with Crippen molar-refractivity contribution in [2.24, 2.45) is 0 Å². The lowest BCUT2D eigenvalue weighted by atomic mass is 9.95. The zero-order chi connectivity index (χ0) is 19.0. The van der Waals surface area contributed by atoms with Crippen LogP contribution in [0, 0.1) is 0 Å². The van der Waals surface area contributed by atoms with Crippen LogP contribution < -0.4 is 4.74 Å². The van der Waals surface area contributed by atoms with Gasteiger partial charge in [0.25, 0.3) is 0 Å². The van der Waals surface area contributed by atoms with Crippen LogP contribution in [0.1, 0.15) is 75.0 Å². The fourth-order valence-corrected chi connectivity index (χ4v) is 3.81. The van der Waals surface area contributed by atoms with E-state index in [4.69, 9.17) is 4.74 Å². The van der Waals surface area contributed by atoms with Crippen molar-refractivity contribution >= 4 is 37.9 Å². The van der Waals surface area contributed by atoms with Crippen LogP contribution in [0.15, 0.2) is 12.1 Å². The molecule has 0 saturated heterocycles. The van der Waals surface area contributed by atoms with E-state index in [1.165, 1.54) is 54.5 Å². The fourth-order valence-electron chi connectivity index (χ4n) is 3.14. The SMILES string of the molecule is CCCCOc1c(CCCCS)cc(CCCCS)cc1CCCCS. The standard InChI is InChI=1S/C22H38OS3/c1-2-3-13-23-22-20(11-5-8-15-25)17-19(10-4-7-14-24)18-21(22)12-6-9-16-26/h17-18,24-26H,2-16H2,1H3. The Morgan fingerprint density at radius 1 is 0.692 bits per heavy atom. The number of benzene rings is 1. The Morgan fingerprint density at radius 3 is 1.65 bits per heavy atom. The van der Waals surface area contributed by atoms with Gasteiger partial charge in [-0.05, 0) is 98.2 Å². The molecule has 1 rings (SSSR count). The first-order valence-electron chi connectivity index (χ1n) is 10.4. The molecule has 0 radical (unpaired) electrons. The average molecular weight is 415 g/mol. The number of thiol groups is 3. The first kappa shape index (κ1) is 24.1. The summed E-state index contributed by atoms with van der Waals surface area (Å²) in [5, 5.41) is 0. The van der Waals surface area contributed by atoms with Gasteiger partial charge in [0.2, 0.25) is 0 Å². The molecule has 0 amide bonds. The van der Waals surface area contributed by atoms with E-state index in [0.717, 1.165) is 62.4 Å². The third-order valence-corrected chi connectivity index (χ3v) is 5.58. The minimum absolute atomic E-state index is 0.828. The van der Waals surface area contributed by atoms with Crippen LogP contribution in [0.25, 0.3) is 0 Å². The third-order valence-electron chi connectivity index (χ3n) is 4.63. The maximum Gasteiger partial charge on any atom is 0.125 e. The summed E-state index contributed by atoms with van der Waals surface area (Å²) >= 11 is 13.1. The molecule has 0 N–H and O–H groups in total. The number of ether oxygens (including phenoxy) is 1. The summed E-state index contributed by atoms with van der Waals surface area (Å²) in [6, 6.07) is 4.81. The number of hydrogen-bond donors (Lipinski definition) is 3. The summed E-state index contributed by atoms with van der Waals surface area (Å²) in [5.41, 5.74) is 4.29. The molecule has 26 heavy (non-hydrogen) atoms. The van der Waals surface area contributed by atoms with E-state index in [1.807, 2.05) is 0 Å². The number of hydrogen-bond acceptors (Lipinski definition) is 4. The highest BCUT2D eigenvalue weighted by Crippen LogP contribution is 2.30. The van der Waals surface area contributed by atoms with Gasteiger partial charge in [-0.25, -0.2) is 0 Å². The molecule has 1 nitrogen and oxygen atoms in total. The molecule has 0 saturated carbocycles. The van der Waals surface area contributed by atoms with Gasteiger partial charge in [-0.3, -0.25) is 0 Å². The summed E-state index contributed by atoms with van der Waals surface area (Å²) in [6.45, 7) is 3.05. The predicted molar refractivity (Wildman–Crippen MR) is 127 cm³/mol. The molecule has 0 heterocycles. The van der Waals surface area contributed by atoms with Crippen LogP contribution in [-0.2, 0) is 19.3 Å². The van der Waals surface area contributed by atoms with Gasteiger partial charge in [0, 0.05) is 0 Å². The highest BCUT2D eigenvalue weighted by atomic mass is 32.1. The van der Waals surface area contributed by atoms with Gasteiger partial charge in [0.15, 0.2) is 0 Å². The molecule has 0 spiro atoms. The second kappa shape index (κ2) is 16.1. The van der Waals surface area contributed by atoms with Crippen molar-refractivity contribution in [1.82, 2.24) is 0 Å². The summed E-state index contributed by atoms with van der Waals surface area (Å²) in [6.07, 6.45) is 12.7. The molecule has 0 atom stereocenters. The van der Waals surface area contributed by atoms with E-state index < -0.39 is 0 Å². The third kappa shape index (κ3) is 9.85. The van der Waals surface area contributed by atoms with Crippen LogP contribution in [0.2, 0.25) is 0 Å². The maximum atomic E-state index is 6.30. The van der Waals surface area contributed by atoms with Crippen molar-refractivity contribution in [3.8, 4) is 5.75 Å². The quantitative estimate of drug-likeness (QED) is 0.203. The Morgan fingerprint density at radius 2 is 1.19 bits per heavy atom. The smallest absolute Gasteiger partial charge is 0.125 e. The molecule has 0 aliphatic carbocycles. The normalized spacial score (nSPS) is 11.1. The molecule has 4 heteroatoms. The lowest BCUT2D eigenvalue weighted by Crippen LogP contribution is -2.06. The molecule has 0 aromatic heterocycles. The van der Waals surface area contributed by atoms with Gasteiger partial charge in [0.05, 0.1) is 6.61 Å². The zero-order valence-corrected chi connectivity index (χ0v) is 19.2. The minimum Gasteiger partial charge on any atom is -0.493 e. The van der Waals surface area contributed by atoms with Crippen molar-refractivity contribution in [3.05, 3.63) is 28.8 Å². The van der Waals surface area contributed by atoms with E-state index in [2.05, 4.69) is 56.9 Å². The molecule has 0 aliphatic rings. The van der Waals surface area contributed by atoms with Gasteiger partial charge in [0.1, 0.15) is 5.75 Å². The number of rotatable bonds is 16. The molecule has 0 aliphatic heterocycles. The monoisotopic (exact) mass is 414 g/mol. The highest BCUT2D eigenvalue weighted by molar-refractivity contribution is 7.80. The van der Waals surface area contributed by atoms with Crippen LogP contribution in [-0.4, -0.2) is 23.9 Å². The Hall–Kier alpha value is 0.0700. The van der Waals surface area contributed by atoms with Crippen molar-refractivity contribution in [3.63, 3.8) is 0 Å². The molecule has 0 fully saturated rings. The van der Waals surface area contributed by atoms with E-state index in [9.17, 15) is 0 Å². The predicted octanol–water partition coefficient (Wildman–Crippen LogP) is 6.62. The average Bonchev–Trinajstić information content (AvgIpc) is 2.64. The zero-order valence-electron chi connectivity index (χ0n) is 16.5. The first-order chi connectivity index (χ1) is 12.8. The molecular weight excluding hydrogens is 376 g/mol. The second-order valence-electron chi connectivity index (χ2n) is 6.99. The first-order valence-corrected chi connectivity index (χ1v) is 12.3. The van der Waals surface area contributed by atoms with Crippen molar-refractivity contribution in [2.75, 3.05) is 23.9 Å². The summed E-state index contributed by atoms with van der Waals surface area (Å²) < 4.78 is 6.30. The van der Waals surface area contributed by atoms with Crippen molar-refractivity contribution in [1.29, 1.82) is 0 Å². The molecule has 150 valence electrons. The van der Waals surface area contributed by atoms with Gasteiger partial charge in [-0.2, -0.15) is 37.9 Å². The molecule has 0 bridgehead atoms. The topological polar surface area (TPSA) is 9.23 Å². The Kier molecular flexibility index (Phi) is 14.9. The van der Waals surface area contributed by atoms with Crippen LogP contribution in [0.4, 0.5) is 0 Å². The maximum absolute atomic E-state index is 6.30. The van der Waals surface area contributed by atoms with Gasteiger partial charge in [-0.15, -0.1) is 0 Å². The van der Waals surface area contributed by atoms with Crippen LogP contribution in [0.5, 0.6) is 5.75 Å². The molecule has 1 aromatic rings. The van der Waals surface area contributed by atoms with Gasteiger partial charge in [-0.1, -0.05) is 25.5 Å². The largest absolute Gasteiger partial charge is 0.493 e. The second-order valence-corrected chi connectivity index (χ2v) is 8.33.